The molecule has 0 radical (unpaired) electrons. The number of benzene rings is 2. The Morgan fingerprint density at radius 1 is 1.10 bits per heavy atom. The number of morpholine rings is 1. The third-order valence-electron chi connectivity index (χ3n) is 5.15. The molecule has 2 aromatic rings. The quantitative estimate of drug-likeness (QED) is 0.718. The summed E-state index contributed by atoms with van der Waals surface area (Å²) in [7, 11) is 0. The molecule has 6 nitrogen and oxygen atoms in total. The van der Waals surface area contributed by atoms with Gasteiger partial charge in [-0.1, -0.05) is 41.9 Å². The fraction of sp³-hybridized carbons (Fsp3) is 0.364. The predicted octanol–water partition coefficient (Wildman–Crippen LogP) is 3.03. The van der Waals surface area contributed by atoms with Gasteiger partial charge in [0.15, 0.2) is 0 Å². The summed E-state index contributed by atoms with van der Waals surface area (Å²) >= 11 is 6.06. The molecule has 2 aliphatic rings. The molecule has 1 amide bonds. The van der Waals surface area contributed by atoms with Gasteiger partial charge in [-0.2, -0.15) is 0 Å². The van der Waals surface area contributed by atoms with Crippen molar-refractivity contribution in [1.29, 1.82) is 0 Å². The Balaban J connectivity index is 1.51. The Morgan fingerprint density at radius 2 is 1.86 bits per heavy atom. The number of nitrogens with zero attached hydrogens (tertiary/aromatic N) is 1. The van der Waals surface area contributed by atoms with Crippen molar-refractivity contribution in [3.63, 3.8) is 0 Å². The second-order valence-electron chi connectivity index (χ2n) is 7.13. The number of halogens is 1. The lowest BCUT2D eigenvalue weighted by Crippen LogP contribution is -2.44. The molecule has 0 unspecified atom stereocenters. The molecule has 1 fully saturated rings. The van der Waals surface area contributed by atoms with E-state index in [1.54, 1.807) is 35.2 Å². The van der Waals surface area contributed by atoms with Crippen molar-refractivity contribution < 1.29 is 23.8 Å². The summed E-state index contributed by atoms with van der Waals surface area (Å²) in [4.78, 5) is 27.7. The standard InChI is InChI=1S/C22H22ClNO5/c23-18-6-7-19-16(13-18)12-17(14-28-19)22(26)29-20(15-4-2-1-3-5-15)21(25)24-8-10-27-11-9-24/h1-7,13,17,20H,8-12,14H2/t17-,20+/m0/s1. The first-order valence-corrected chi connectivity index (χ1v) is 10.0. The minimum absolute atomic E-state index is 0.209. The first-order valence-electron chi connectivity index (χ1n) is 9.65. The lowest BCUT2D eigenvalue weighted by molar-refractivity contribution is -0.167. The Labute approximate surface area is 174 Å². The largest absolute Gasteiger partial charge is 0.492 e. The number of rotatable bonds is 4. The number of fused-ring (bicyclic) bond motifs is 1. The highest BCUT2D eigenvalue weighted by Gasteiger charge is 2.34. The van der Waals surface area contributed by atoms with Crippen LogP contribution in [0.1, 0.15) is 17.2 Å². The van der Waals surface area contributed by atoms with Crippen LogP contribution in [0.25, 0.3) is 0 Å². The number of hydrogen-bond donors (Lipinski definition) is 0. The van der Waals surface area contributed by atoms with Gasteiger partial charge < -0.3 is 19.1 Å². The van der Waals surface area contributed by atoms with E-state index in [0.717, 1.165) is 11.3 Å². The van der Waals surface area contributed by atoms with E-state index in [1.807, 2.05) is 18.2 Å². The maximum absolute atomic E-state index is 13.1. The molecule has 7 heteroatoms. The minimum atomic E-state index is -0.984. The molecule has 0 aromatic heterocycles. The monoisotopic (exact) mass is 415 g/mol. The maximum Gasteiger partial charge on any atom is 0.313 e. The highest BCUT2D eigenvalue weighted by atomic mass is 35.5. The van der Waals surface area contributed by atoms with Crippen LogP contribution < -0.4 is 4.74 Å². The van der Waals surface area contributed by atoms with E-state index in [9.17, 15) is 9.59 Å². The van der Waals surface area contributed by atoms with E-state index in [2.05, 4.69) is 0 Å². The molecule has 1 saturated heterocycles. The normalized spacial score (nSPS) is 19.6. The lowest BCUT2D eigenvalue weighted by Gasteiger charge is -2.31. The highest BCUT2D eigenvalue weighted by Crippen LogP contribution is 2.31. The SMILES string of the molecule is O=C(O[C@@H](C(=O)N1CCOCC1)c1ccccc1)[C@@H]1COc2ccc(Cl)cc2C1. The number of hydrogen-bond acceptors (Lipinski definition) is 5. The Hall–Kier alpha value is -2.57. The zero-order chi connectivity index (χ0) is 20.2. The Morgan fingerprint density at radius 3 is 2.62 bits per heavy atom. The molecule has 0 spiro atoms. The van der Waals surface area contributed by atoms with Crippen LogP contribution in [0.3, 0.4) is 0 Å². The maximum atomic E-state index is 13.1. The van der Waals surface area contributed by atoms with Crippen LogP contribution in [0.5, 0.6) is 5.75 Å². The molecule has 0 aliphatic carbocycles. The summed E-state index contributed by atoms with van der Waals surface area (Å²) in [6, 6.07) is 14.4. The number of carbonyl (C=O) groups excluding carboxylic acids is 2. The molecule has 0 bridgehead atoms. The van der Waals surface area contributed by atoms with Gasteiger partial charge in [0.25, 0.3) is 5.91 Å². The number of esters is 1. The van der Waals surface area contributed by atoms with Crippen molar-refractivity contribution >= 4 is 23.5 Å². The van der Waals surface area contributed by atoms with Crippen LogP contribution in [0.15, 0.2) is 48.5 Å². The number of carbonyl (C=O) groups is 2. The van der Waals surface area contributed by atoms with E-state index in [0.29, 0.717) is 43.3 Å². The molecular weight excluding hydrogens is 394 g/mol. The first-order chi connectivity index (χ1) is 14.1. The molecule has 29 heavy (non-hydrogen) atoms. The summed E-state index contributed by atoms with van der Waals surface area (Å²) in [6.07, 6.45) is -0.523. The molecule has 0 N–H and O–H groups in total. The van der Waals surface area contributed by atoms with Crippen molar-refractivity contribution in [3.8, 4) is 5.75 Å². The van der Waals surface area contributed by atoms with Gasteiger partial charge in [-0.15, -0.1) is 0 Å². The summed E-state index contributed by atoms with van der Waals surface area (Å²) < 4.78 is 16.8. The molecule has 2 atom stereocenters. The molecule has 4 rings (SSSR count). The highest BCUT2D eigenvalue weighted by molar-refractivity contribution is 6.30. The van der Waals surface area contributed by atoms with Crippen molar-refractivity contribution in [2.45, 2.75) is 12.5 Å². The summed E-state index contributed by atoms with van der Waals surface area (Å²) in [6.45, 7) is 2.14. The van der Waals surface area contributed by atoms with Crippen molar-refractivity contribution in [2.24, 2.45) is 5.92 Å². The third-order valence-corrected chi connectivity index (χ3v) is 5.38. The summed E-state index contributed by atoms with van der Waals surface area (Å²) in [5, 5.41) is 0.589. The zero-order valence-electron chi connectivity index (χ0n) is 15.9. The molecule has 2 aliphatic heterocycles. The van der Waals surface area contributed by atoms with Crippen molar-refractivity contribution in [1.82, 2.24) is 4.90 Å². The predicted molar refractivity (Wildman–Crippen MR) is 107 cm³/mol. The van der Waals surface area contributed by atoms with Crippen LogP contribution >= 0.6 is 11.6 Å². The summed E-state index contributed by atoms with van der Waals surface area (Å²) in [5.74, 6) is -0.453. The Kier molecular flexibility index (Phi) is 6.02. The van der Waals surface area contributed by atoms with Crippen LogP contribution in [0, 0.1) is 5.92 Å². The molecular formula is C22H22ClNO5. The molecule has 152 valence electrons. The minimum Gasteiger partial charge on any atom is -0.492 e. The topological polar surface area (TPSA) is 65.1 Å². The van der Waals surface area contributed by atoms with Gasteiger partial charge in [0, 0.05) is 23.7 Å². The smallest absolute Gasteiger partial charge is 0.313 e. The first kappa shape index (κ1) is 19.7. The van der Waals surface area contributed by atoms with E-state index in [-0.39, 0.29) is 12.5 Å². The van der Waals surface area contributed by atoms with E-state index in [4.69, 9.17) is 25.8 Å². The molecule has 2 aromatic carbocycles. The van der Waals surface area contributed by atoms with Crippen LogP contribution in [-0.4, -0.2) is 49.7 Å². The van der Waals surface area contributed by atoms with E-state index >= 15 is 0 Å². The average Bonchev–Trinajstić information content (AvgIpc) is 2.77. The number of amides is 1. The second kappa shape index (κ2) is 8.84. The molecule has 0 saturated carbocycles. The van der Waals surface area contributed by atoms with Gasteiger partial charge in [-0.25, -0.2) is 0 Å². The zero-order valence-corrected chi connectivity index (χ0v) is 16.6. The average molecular weight is 416 g/mol. The summed E-state index contributed by atoms with van der Waals surface area (Å²) in [5.41, 5.74) is 1.51. The van der Waals surface area contributed by atoms with Gasteiger partial charge in [0.2, 0.25) is 6.10 Å². The fourth-order valence-electron chi connectivity index (χ4n) is 3.57. The van der Waals surface area contributed by atoms with Crippen LogP contribution in [0.2, 0.25) is 5.02 Å². The van der Waals surface area contributed by atoms with Gasteiger partial charge in [-0.3, -0.25) is 9.59 Å². The van der Waals surface area contributed by atoms with Gasteiger partial charge in [0.05, 0.1) is 19.1 Å². The van der Waals surface area contributed by atoms with Crippen molar-refractivity contribution in [2.75, 3.05) is 32.9 Å². The van der Waals surface area contributed by atoms with Crippen molar-refractivity contribution in [3.05, 3.63) is 64.7 Å². The number of ether oxygens (including phenoxy) is 3. The lowest BCUT2D eigenvalue weighted by atomic mass is 9.96. The van der Waals surface area contributed by atoms with Crippen LogP contribution in [-0.2, 0) is 25.5 Å². The van der Waals surface area contributed by atoms with Gasteiger partial charge in [-0.05, 0) is 30.2 Å². The Bertz CT molecular complexity index is 882. The second-order valence-corrected chi connectivity index (χ2v) is 7.57. The van der Waals surface area contributed by atoms with E-state index in [1.165, 1.54) is 0 Å². The fourth-order valence-corrected chi connectivity index (χ4v) is 3.76. The van der Waals surface area contributed by atoms with Crippen LogP contribution in [0.4, 0.5) is 0 Å². The van der Waals surface area contributed by atoms with Gasteiger partial charge >= 0.3 is 5.97 Å². The third kappa shape index (κ3) is 4.54. The van der Waals surface area contributed by atoms with Gasteiger partial charge in [0.1, 0.15) is 12.4 Å². The molecule has 2 heterocycles. The van der Waals surface area contributed by atoms with E-state index < -0.39 is 18.0 Å².